The van der Waals surface area contributed by atoms with Crippen LogP contribution in [0.5, 0.6) is 5.75 Å². The molecule has 0 amide bonds. The van der Waals surface area contributed by atoms with Crippen molar-refractivity contribution in [3.8, 4) is 5.75 Å². The van der Waals surface area contributed by atoms with Crippen molar-refractivity contribution in [1.82, 2.24) is 4.98 Å². The van der Waals surface area contributed by atoms with Gasteiger partial charge in [-0.3, -0.25) is 9.78 Å². The largest absolute Gasteiger partial charge is 0.496 e. The molecule has 3 heteroatoms. The summed E-state index contributed by atoms with van der Waals surface area (Å²) in [6.45, 7) is 0. The molecule has 0 spiro atoms. The maximum atomic E-state index is 12.4. The second-order valence-corrected chi connectivity index (χ2v) is 4.81. The number of fused-ring (bicyclic) bond motifs is 1. The topological polar surface area (TPSA) is 39.2 Å². The molecular formula is C16H15NO2. The summed E-state index contributed by atoms with van der Waals surface area (Å²) in [7, 11) is 1.65. The summed E-state index contributed by atoms with van der Waals surface area (Å²) < 4.78 is 5.34. The molecule has 3 nitrogen and oxygen atoms in total. The quantitative estimate of drug-likeness (QED) is 0.844. The third kappa shape index (κ3) is 2.12. The Bertz CT molecular complexity index is 607. The molecule has 1 unspecified atom stereocenters. The van der Waals surface area contributed by atoms with E-state index in [1.54, 1.807) is 19.5 Å². The van der Waals surface area contributed by atoms with Crippen LogP contribution in [0.4, 0.5) is 0 Å². The molecule has 1 aliphatic rings. The Hall–Kier alpha value is -2.16. The van der Waals surface area contributed by atoms with E-state index in [1.165, 1.54) is 0 Å². The van der Waals surface area contributed by atoms with Gasteiger partial charge < -0.3 is 4.74 Å². The number of aromatic nitrogens is 1. The maximum absolute atomic E-state index is 12.4. The minimum Gasteiger partial charge on any atom is -0.496 e. The number of carbonyl (C=O) groups is 1. The van der Waals surface area contributed by atoms with Gasteiger partial charge in [0.05, 0.1) is 7.11 Å². The maximum Gasteiger partial charge on any atom is 0.167 e. The average molecular weight is 253 g/mol. The summed E-state index contributed by atoms with van der Waals surface area (Å²) in [5, 5.41) is 0. The van der Waals surface area contributed by atoms with Crippen molar-refractivity contribution < 1.29 is 9.53 Å². The van der Waals surface area contributed by atoms with Crippen LogP contribution in [0.1, 0.15) is 21.5 Å². The van der Waals surface area contributed by atoms with Gasteiger partial charge in [-0.15, -0.1) is 0 Å². The van der Waals surface area contributed by atoms with Gasteiger partial charge in [-0.2, -0.15) is 0 Å². The lowest BCUT2D eigenvalue weighted by molar-refractivity contribution is 0.0936. The second kappa shape index (κ2) is 4.84. The molecule has 0 saturated heterocycles. The van der Waals surface area contributed by atoms with Crippen LogP contribution in [0.3, 0.4) is 0 Å². The highest BCUT2D eigenvalue weighted by molar-refractivity contribution is 6.03. The number of carbonyl (C=O) groups excluding carboxylic acids is 1. The van der Waals surface area contributed by atoms with Crippen molar-refractivity contribution in [2.24, 2.45) is 5.92 Å². The van der Waals surface area contributed by atoms with E-state index < -0.39 is 0 Å². The molecule has 96 valence electrons. The Kier molecular flexibility index (Phi) is 3.03. The van der Waals surface area contributed by atoms with E-state index in [0.717, 1.165) is 35.3 Å². The minimum atomic E-state index is 0.0219. The Morgan fingerprint density at radius 3 is 2.79 bits per heavy atom. The first-order valence-corrected chi connectivity index (χ1v) is 6.38. The van der Waals surface area contributed by atoms with Gasteiger partial charge in [-0.1, -0.05) is 12.1 Å². The van der Waals surface area contributed by atoms with Gasteiger partial charge >= 0.3 is 0 Å². The Morgan fingerprint density at radius 2 is 2.05 bits per heavy atom. The van der Waals surface area contributed by atoms with E-state index in [9.17, 15) is 4.79 Å². The van der Waals surface area contributed by atoms with Crippen LogP contribution < -0.4 is 4.74 Å². The first-order chi connectivity index (χ1) is 9.29. The molecule has 1 atom stereocenters. The number of benzene rings is 1. The lowest BCUT2D eigenvalue weighted by Crippen LogP contribution is -2.12. The van der Waals surface area contributed by atoms with Crippen LogP contribution in [0.25, 0.3) is 0 Å². The van der Waals surface area contributed by atoms with Gasteiger partial charge in [0.15, 0.2) is 5.78 Å². The molecule has 1 aromatic carbocycles. The van der Waals surface area contributed by atoms with Crippen molar-refractivity contribution in [2.45, 2.75) is 12.8 Å². The number of ether oxygens (including phenoxy) is 1. The second-order valence-electron chi connectivity index (χ2n) is 4.81. The molecule has 2 aromatic rings. The van der Waals surface area contributed by atoms with E-state index in [0.29, 0.717) is 0 Å². The molecule has 0 fully saturated rings. The lowest BCUT2D eigenvalue weighted by Gasteiger charge is -2.07. The number of ketones is 1. The van der Waals surface area contributed by atoms with Crippen molar-refractivity contribution >= 4 is 5.78 Å². The number of methoxy groups -OCH3 is 1. The summed E-state index contributed by atoms with van der Waals surface area (Å²) in [6, 6.07) is 9.62. The summed E-state index contributed by atoms with van der Waals surface area (Å²) in [5.41, 5.74) is 3.02. The van der Waals surface area contributed by atoms with Gasteiger partial charge in [-0.05, 0) is 36.6 Å². The van der Waals surface area contributed by atoms with E-state index in [-0.39, 0.29) is 11.7 Å². The van der Waals surface area contributed by atoms with Crippen LogP contribution >= 0.6 is 0 Å². The number of hydrogen-bond donors (Lipinski definition) is 0. The Morgan fingerprint density at radius 1 is 1.26 bits per heavy atom. The molecule has 0 N–H and O–H groups in total. The third-order valence-corrected chi connectivity index (χ3v) is 3.67. The molecule has 3 rings (SSSR count). The van der Waals surface area contributed by atoms with Crippen LogP contribution in [0.15, 0.2) is 42.7 Å². The third-order valence-electron chi connectivity index (χ3n) is 3.67. The molecule has 0 aliphatic heterocycles. The first kappa shape index (κ1) is 11.9. The van der Waals surface area contributed by atoms with E-state index in [4.69, 9.17) is 4.74 Å². The molecule has 1 aliphatic carbocycles. The highest BCUT2D eigenvalue weighted by Crippen LogP contribution is 2.34. The predicted octanol–water partition coefficient (Wildman–Crippen LogP) is 2.69. The molecule has 19 heavy (non-hydrogen) atoms. The molecular weight excluding hydrogens is 238 g/mol. The number of rotatable bonds is 3. The van der Waals surface area contributed by atoms with Crippen LogP contribution in [-0.4, -0.2) is 17.9 Å². The highest BCUT2D eigenvalue weighted by Gasteiger charge is 2.32. The summed E-state index contributed by atoms with van der Waals surface area (Å²) in [4.78, 5) is 16.4. The lowest BCUT2D eigenvalue weighted by atomic mass is 9.96. The highest BCUT2D eigenvalue weighted by atomic mass is 16.5. The Balaban J connectivity index is 1.87. The van der Waals surface area contributed by atoms with Gasteiger partial charge in [-0.25, -0.2) is 0 Å². The van der Waals surface area contributed by atoms with Crippen LogP contribution in [-0.2, 0) is 12.8 Å². The molecule has 1 aromatic heterocycles. The Labute approximate surface area is 112 Å². The SMILES string of the molecule is COc1cccc2c1CC(Cc1ccncc1)C2=O. The van der Waals surface area contributed by atoms with Crippen molar-refractivity contribution in [3.63, 3.8) is 0 Å². The number of nitrogens with zero attached hydrogens (tertiary/aromatic N) is 1. The first-order valence-electron chi connectivity index (χ1n) is 6.38. The fourth-order valence-electron chi connectivity index (χ4n) is 2.73. The fourth-order valence-corrected chi connectivity index (χ4v) is 2.73. The summed E-state index contributed by atoms with van der Waals surface area (Å²) >= 11 is 0. The minimum absolute atomic E-state index is 0.0219. The van der Waals surface area contributed by atoms with Gasteiger partial charge in [0.25, 0.3) is 0 Å². The normalized spacial score (nSPS) is 17.3. The van der Waals surface area contributed by atoms with Crippen molar-refractivity contribution in [1.29, 1.82) is 0 Å². The fraction of sp³-hybridized carbons (Fsp3) is 0.250. The standard InChI is InChI=1S/C16H15NO2/c1-19-15-4-2-3-13-14(15)10-12(16(13)18)9-11-5-7-17-8-6-11/h2-8,12H,9-10H2,1H3. The smallest absolute Gasteiger partial charge is 0.167 e. The molecule has 0 bridgehead atoms. The zero-order chi connectivity index (χ0) is 13.2. The number of Topliss-reactive ketones (excluding diaryl/α,β-unsaturated/α-hetero) is 1. The number of hydrogen-bond acceptors (Lipinski definition) is 3. The van der Waals surface area contributed by atoms with Gasteiger partial charge in [0.2, 0.25) is 0 Å². The average Bonchev–Trinajstić information content (AvgIpc) is 2.77. The van der Waals surface area contributed by atoms with Crippen molar-refractivity contribution in [3.05, 3.63) is 59.4 Å². The van der Waals surface area contributed by atoms with Gasteiger partial charge in [0.1, 0.15) is 5.75 Å². The van der Waals surface area contributed by atoms with Crippen molar-refractivity contribution in [2.75, 3.05) is 7.11 Å². The van der Waals surface area contributed by atoms with Crippen LogP contribution in [0.2, 0.25) is 0 Å². The van der Waals surface area contributed by atoms with Gasteiger partial charge in [0, 0.05) is 29.4 Å². The van der Waals surface area contributed by atoms with E-state index in [1.807, 2.05) is 30.3 Å². The molecule has 0 radical (unpaired) electrons. The predicted molar refractivity (Wildman–Crippen MR) is 72.5 cm³/mol. The zero-order valence-corrected chi connectivity index (χ0v) is 10.8. The zero-order valence-electron chi connectivity index (χ0n) is 10.8. The molecule has 1 heterocycles. The van der Waals surface area contributed by atoms with E-state index in [2.05, 4.69) is 4.98 Å². The molecule has 0 saturated carbocycles. The number of pyridine rings is 1. The van der Waals surface area contributed by atoms with Crippen LogP contribution in [0, 0.1) is 5.92 Å². The van der Waals surface area contributed by atoms with E-state index >= 15 is 0 Å². The monoisotopic (exact) mass is 253 g/mol. The summed E-state index contributed by atoms with van der Waals surface area (Å²) in [5.74, 6) is 1.07. The summed E-state index contributed by atoms with van der Waals surface area (Å²) in [6.07, 6.45) is 5.06.